The van der Waals surface area contributed by atoms with Gasteiger partial charge in [0.25, 0.3) is 0 Å². The van der Waals surface area contributed by atoms with Crippen LogP contribution < -0.4 is 5.32 Å². The summed E-state index contributed by atoms with van der Waals surface area (Å²) < 4.78 is 0. The predicted molar refractivity (Wildman–Crippen MR) is 86.4 cm³/mol. The lowest BCUT2D eigenvalue weighted by Crippen LogP contribution is -2.55. The lowest BCUT2D eigenvalue weighted by atomic mass is 9.89. The van der Waals surface area contributed by atoms with E-state index < -0.39 is 11.5 Å². The maximum atomic E-state index is 12.0. The number of carbonyl (C=O) groups is 1. The number of benzene rings is 1. The monoisotopic (exact) mass is 292 g/mol. The maximum absolute atomic E-state index is 12.0. The molecule has 0 fully saturated rings. The average Bonchev–Trinajstić information content (AvgIpc) is 2.51. The second kappa shape index (κ2) is 8.15. The highest BCUT2D eigenvalue weighted by atomic mass is 16.4. The van der Waals surface area contributed by atoms with Crippen molar-refractivity contribution in [1.29, 1.82) is 0 Å². The van der Waals surface area contributed by atoms with Crippen molar-refractivity contribution in [2.45, 2.75) is 32.7 Å². The van der Waals surface area contributed by atoms with Gasteiger partial charge in [0.05, 0.1) is 0 Å². The van der Waals surface area contributed by atoms with Crippen LogP contribution in [0.5, 0.6) is 0 Å². The van der Waals surface area contributed by atoms with Crippen LogP contribution in [0.4, 0.5) is 0 Å². The number of nitrogens with zero attached hydrogens (tertiary/aromatic N) is 1. The van der Waals surface area contributed by atoms with Gasteiger partial charge < -0.3 is 15.3 Å². The first-order valence-electron chi connectivity index (χ1n) is 7.70. The normalized spacial score (nSPS) is 15.7. The van der Waals surface area contributed by atoms with Gasteiger partial charge in [0.15, 0.2) is 5.54 Å². The summed E-state index contributed by atoms with van der Waals surface area (Å²) in [6.07, 6.45) is 1.10. The summed E-state index contributed by atoms with van der Waals surface area (Å²) in [7, 11) is 1.72. The van der Waals surface area contributed by atoms with Gasteiger partial charge in [-0.3, -0.25) is 0 Å². The van der Waals surface area contributed by atoms with Gasteiger partial charge >= 0.3 is 5.97 Å². The molecule has 0 spiro atoms. The Kier molecular flexibility index (Phi) is 6.85. The van der Waals surface area contributed by atoms with E-state index in [0.29, 0.717) is 12.5 Å². The van der Waals surface area contributed by atoms with Crippen molar-refractivity contribution in [3.63, 3.8) is 0 Å². The highest BCUT2D eigenvalue weighted by Gasteiger charge is 2.40. The first-order valence-corrected chi connectivity index (χ1v) is 7.70. The number of aliphatic carboxylic acids is 1. The van der Waals surface area contributed by atoms with Gasteiger partial charge in [-0.1, -0.05) is 57.5 Å². The molecule has 1 aromatic rings. The Balaban J connectivity index is 3.05. The van der Waals surface area contributed by atoms with Gasteiger partial charge in [-0.15, -0.1) is 0 Å². The van der Waals surface area contributed by atoms with Gasteiger partial charge in [0.1, 0.15) is 0 Å². The van der Waals surface area contributed by atoms with E-state index >= 15 is 0 Å². The molecule has 0 radical (unpaired) electrons. The van der Waals surface area contributed by atoms with E-state index in [0.717, 1.165) is 25.1 Å². The summed E-state index contributed by atoms with van der Waals surface area (Å²) in [5.74, 6) is -0.275. The third kappa shape index (κ3) is 4.29. The fourth-order valence-electron chi connectivity index (χ4n) is 2.55. The average molecular weight is 292 g/mol. The summed E-state index contributed by atoms with van der Waals surface area (Å²) in [5, 5.41) is 12.9. The van der Waals surface area contributed by atoms with Crippen molar-refractivity contribution in [2.75, 3.05) is 26.7 Å². The van der Waals surface area contributed by atoms with Gasteiger partial charge in [0.2, 0.25) is 0 Å². The van der Waals surface area contributed by atoms with Crippen LogP contribution in [-0.2, 0) is 10.3 Å². The number of carboxylic acid groups (broad SMARTS) is 1. The number of nitrogens with one attached hydrogen (secondary N) is 1. The summed E-state index contributed by atoms with van der Waals surface area (Å²) in [4.78, 5) is 14.2. The fraction of sp³-hybridized carbons (Fsp3) is 0.588. The van der Waals surface area contributed by atoms with Gasteiger partial charge in [-0.25, -0.2) is 4.79 Å². The minimum Gasteiger partial charge on any atom is -0.480 e. The number of hydrogen-bond acceptors (Lipinski definition) is 3. The Morgan fingerprint density at radius 2 is 1.95 bits per heavy atom. The first-order chi connectivity index (χ1) is 10.00. The van der Waals surface area contributed by atoms with Crippen molar-refractivity contribution < 1.29 is 9.90 Å². The van der Waals surface area contributed by atoms with Gasteiger partial charge in [-0.2, -0.15) is 0 Å². The summed E-state index contributed by atoms with van der Waals surface area (Å²) in [6, 6.07) is 9.43. The molecule has 0 aliphatic rings. The zero-order valence-corrected chi connectivity index (χ0v) is 13.6. The highest BCUT2D eigenvalue weighted by Crippen LogP contribution is 2.23. The minimum atomic E-state index is -1.06. The van der Waals surface area contributed by atoms with Crippen LogP contribution in [0.15, 0.2) is 30.3 Å². The van der Waals surface area contributed by atoms with Crippen LogP contribution in [0, 0.1) is 5.92 Å². The van der Waals surface area contributed by atoms with Crippen LogP contribution in [0.3, 0.4) is 0 Å². The van der Waals surface area contributed by atoms with Crippen LogP contribution in [-0.4, -0.2) is 42.7 Å². The molecule has 0 heterocycles. The zero-order chi connectivity index (χ0) is 15.9. The molecule has 1 aromatic carbocycles. The van der Waals surface area contributed by atoms with E-state index in [9.17, 15) is 9.90 Å². The molecule has 2 atom stereocenters. The molecule has 0 amide bonds. The van der Waals surface area contributed by atoms with Crippen molar-refractivity contribution in [3.05, 3.63) is 35.9 Å². The maximum Gasteiger partial charge on any atom is 0.329 e. The number of rotatable bonds is 9. The second-order valence-electron chi connectivity index (χ2n) is 5.67. The molecular formula is C17H28N2O2. The van der Waals surface area contributed by atoms with Crippen LogP contribution >= 0.6 is 0 Å². The molecule has 0 saturated carbocycles. The zero-order valence-electron chi connectivity index (χ0n) is 13.6. The standard InChI is InChI=1S/C17H28N2O2/c1-5-14(3)12-19(6-2)13-17(18-4,16(20)21)15-10-8-7-9-11-15/h7-11,14,18H,5-6,12-13H2,1-4H3,(H,20,21). The van der Waals surface area contributed by atoms with E-state index in [1.165, 1.54) is 0 Å². The van der Waals surface area contributed by atoms with Crippen molar-refractivity contribution >= 4 is 5.97 Å². The van der Waals surface area contributed by atoms with E-state index in [2.05, 4.69) is 31.0 Å². The molecule has 0 aliphatic heterocycles. The van der Waals surface area contributed by atoms with Crippen molar-refractivity contribution in [1.82, 2.24) is 10.2 Å². The fourth-order valence-corrected chi connectivity index (χ4v) is 2.55. The molecule has 21 heavy (non-hydrogen) atoms. The Morgan fingerprint density at radius 1 is 1.33 bits per heavy atom. The Hall–Kier alpha value is -1.39. The third-order valence-electron chi connectivity index (χ3n) is 4.23. The van der Waals surface area contributed by atoms with Crippen LogP contribution in [0.1, 0.15) is 32.8 Å². The van der Waals surface area contributed by atoms with E-state index in [4.69, 9.17) is 0 Å². The highest BCUT2D eigenvalue weighted by molar-refractivity contribution is 5.81. The smallest absolute Gasteiger partial charge is 0.329 e. The van der Waals surface area contributed by atoms with Crippen LogP contribution in [0.2, 0.25) is 0 Å². The predicted octanol–water partition coefficient (Wildman–Crippen LogP) is 2.55. The molecule has 2 unspecified atom stereocenters. The number of likely N-dealkylation sites (N-methyl/N-ethyl adjacent to an activating group) is 2. The summed E-state index contributed by atoms with van der Waals surface area (Å²) in [6.45, 7) is 8.66. The number of hydrogen-bond donors (Lipinski definition) is 2. The second-order valence-corrected chi connectivity index (χ2v) is 5.67. The molecule has 0 aliphatic carbocycles. The van der Waals surface area contributed by atoms with Gasteiger partial charge in [0, 0.05) is 13.1 Å². The lowest BCUT2D eigenvalue weighted by Gasteiger charge is -2.36. The first kappa shape index (κ1) is 17.7. The van der Waals surface area contributed by atoms with Crippen molar-refractivity contribution in [3.8, 4) is 0 Å². The molecule has 2 N–H and O–H groups in total. The Labute approximate surface area is 128 Å². The minimum absolute atomic E-state index is 0.462. The van der Waals surface area contributed by atoms with E-state index in [1.807, 2.05) is 30.3 Å². The Bertz CT molecular complexity index is 436. The van der Waals surface area contributed by atoms with Crippen molar-refractivity contribution in [2.24, 2.45) is 5.92 Å². The Morgan fingerprint density at radius 3 is 2.38 bits per heavy atom. The van der Waals surface area contributed by atoms with E-state index in [1.54, 1.807) is 7.05 Å². The SMILES string of the molecule is CCC(C)CN(CC)CC(NC)(C(=O)O)c1ccccc1. The molecule has 4 heteroatoms. The quantitative estimate of drug-likeness (QED) is 0.734. The molecular weight excluding hydrogens is 264 g/mol. The molecule has 0 bridgehead atoms. The van der Waals surface area contributed by atoms with Gasteiger partial charge in [-0.05, 0) is 25.1 Å². The molecule has 0 saturated heterocycles. The summed E-state index contributed by atoms with van der Waals surface area (Å²) >= 11 is 0. The molecule has 0 aromatic heterocycles. The van der Waals surface area contributed by atoms with E-state index in [-0.39, 0.29) is 0 Å². The topological polar surface area (TPSA) is 52.6 Å². The molecule has 118 valence electrons. The molecule has 1 rings (SSSR count). The van der Waals surface area contributed by atoms with Crippen LogP contribution in [0.25, 0.3) is 0 Å². The third-order valence-corrected chi connectivity index (χ3v) is 4.23. The summed E-state index contributed by atoms with van der Waals surface area (Å²) in [5.41, 5.74) is -0.271. The molecule has 4 nitrogen and oxygen atoms in total. The lowest BCUT2D eigenvalue weighted by molar-refractivity contribution is -0.146. The largest absolute Gasteiger partial charge is 0.480 e. The number of carboxylic acids is 1.